The van der Waals surface area contributed by atoms with E-state index in [0.29, 0.717) is 25.8 Å². The van der Waals surface area contributed by atoms with E-state index in [-0.39, 0.29) is 11.5 Å². The van der Waals surface area contributed by atoms with Crippen LogP contribution in [-0.4, -0.2) is 25.4 Å². The van der Waals surface area contributed by atoms with Crippen LogP contribution < -0.4 is 10.9 Å². The highest BCUT2D eigenvalue weighted by atomic mass is 32.1. The Morgan fingerprint density at radius 2 is 2.19 bits per heavy atom. The van der Waals surface area contributed by atoms with Crippen LogP contribution in [0.5, 0.6) is 0 Å². The summed E-state index contributed by atoms with van der Waals surface area (Å²) in [6, 6.07) is 3.74. The van der Waals surface area contributed by atoms with Crippen LogP contribution in [-0.2, 0) is 7.05 Å². The zero-order chi connectivity index (χ0) is 18.3. The second kappa shape index (κ2) is 6.43. The molecule has 1 N–H and O–H groups in total. The van der Waals surface area contributed by atoms with Gasteiger partial charge in [0, 0.05) is 30.4 Å². The van der Waals surface area contributed by atoms with Crippen LogP contribution in [0.15, 0.2) is 41.0 Å². The van der Waals surface area contributed by atoms with Gasteiger partial charge >= 0.3 is 0 Å². The molecule has 4 rings (SSSR count). The van der Waals surface area contributed by atoms with Crippen LogP contribution in [0, 0.1) is 6.92 Å². The van der Waals surface area contributed by atoms with E-state index in [9.17, 15) is 9.59 Å². The van der Waals surface area contributed by atoms with Crippen molar-refractivity contribution in [1.82, 2.24) is 19.5 Å². The van der Waals surface area contributed by atoms with Gasteiger partial charge < -0.3 is 4.57 Å². The maximum absolute atomic E-state index is 12.7. The van der Waals surface area contributed by atoms with Crippen LogP contribution in [0.4, 0.5) is 5.13 Å². The first-order valence-corrected chi connectivity index (χ1v) is 9.36. The molecule has 0 unspecified atom stereocenters. The van der Waals surface area contributed by atoms with Gasteiger partial charge in [0.2, 0.25) is 0 Å². The molecule has 0 aliphatic heterocycles. The standard InChI is InChI=1S/C17H13N5O2S2/c1-9-12-15(19-8-22(2)16(12)24)26-13(9)14(23)21-17-20-11(7-25-17)10-4-3-5-18-6-10/h3-8H,1-2H3,(H,20,21,23). The molecule has 0 saturated heterocycles. The van der Waals surface area contributed by atoms with E-state index in [1.54, 1.807) is 26.4 Å². The topological polar surface area (TPSA) is 89.8 Å². The monoisotopic (exact) mass is 383 g/mol. The van der Waals surface area contributed by atoms with Crippen molar-refractivity contribution in [2.75, 3.05) is 5.32 Å². The number of aromatic nitrogens is 4. The Morgan fingerprint density at radius 3 is 2.96 bits per heavy atom. The first-order valence-electron chi connectivity index (χ1n) is 7.66. The molecule has 130 valence electrons. The third-order valence-corrected chi connectivity index (χ3v) is 5.86. The Bertz CT molecular complexity index is 1180. The van der Waals surface area contributed by atoms with Gasteiger partial charge in [0.25, 0.3) is 11.5 Å². The number of carbonyl (C=O) groups excluding carboxylic acids is 1. The molecule has 0 fully saturated rings. The van der Waals surface area contributed by atoms with Gasteiger partial charge in [0.15, 0.2) is 5.13 Å². The summed E-state index contributed by atoms with van der Waals surface area (Å²) in [6.45, 7) is 1.76. The highest BCUT2D eigenvalue weighted by Gasteiger charge is 2.20. The lowest BCUT2D eigenvalue weighted by Gasteiger charge is -2.00. The Balaban J connectivity index is 1.64. The maximum Gasteiger partial charge on any atom is 0.267 e. The zero-order valence-electron chi connectivity index (χ0n) is 13.9. The van der Waals surface area contributed by atoms with E-state index in [1.165, 1.54) is 33.6 Å². The van der Waals surface area contributed by atoms with Crippen molar-refractivity contribution < 1.29 is 4.79 Å². The minimum atomic E-state index is -0.292. The molecule has 0 radical (unpaired) electrons. The molecular formula is C17H13N5O2S2. The molecule has 7 nitrogen and oxygen atoms in total. The lowest BCUT2D eigenvalue weighted by Crippen LogP contribution is -2.17. The number of aryl methyl sites for hydroxylation is 2. The molecule has 0 aliphatic rings. The maximum atomic E-state index is 12.7. The van der Waals surface area contributed by atoms with Crippen molar-refractivity contribution in [3.05, 3.63) is 57.0 Å². The second-order valence-electron chi connectivity index (χ2n) is 5.63. The molecule has 26 heavy (non-hydrogen) atoms. The minimum absolute atomic E-state index is 0.157. The van der Waals surface area contributed by atoms with Crippen molar-refractivity contribution >= 4 is 43.9 Å². The molecule has 0 aromatic carbocycles. The third kappa shape index (κ3) is 2.80. The van der Waals surface area contributed by atoms with Crippen molar-refractivity contribution in [1.29, 1.82) is 0 Å². The van der Waals surface area contributed by atoms with Crippen LogP contribution in [0.25, 0.3) is 21.5 Å². The molecule has 0 atom stereocenters. The summed E-state index contributed by atoms with van der Waals surface area (Å²) in [4.78, 5) is 38.7. The highest BCUT2D eigenvalue weighted by molar-refractivity contribution is 7.21. The first kappa shape index (κ1) is 16.6. The predicted molar refractivity (Wildman–Crippen MR) is 103 cm³/mol. The van der Waals surface area contributed by atoms with Gasteiger partial charge in [-0.15, -0.1) is 22.7 Å². The molecular weight excluding hydrogens is 370 g/mol. The first-order chi connectivity index (χ1) is 12.5. The second-order valence-corrected chi connectivity index (χ2v) is 7.49. The fraction of sp³-hybridized carbons (Fsp3) is 0.118. The third-order valence-electron chi connectivity index (χ3n) is 3.90. The average molecular weight is 383 g/mol. The predicted octanol–water partition coefficient (Wildman–Crippen LogP) is 3.07. The van der Waals surface area contributed by atoms with Crippen LogP contribution in [0.1, 0.15) is 15.2 Å². The summed E-state index contributed by atoms with van der Waals surface area (Å²) in [6.07, 6.45) is 4.88. The normalized spacial score (nSPS) is 11.0. The number of rotatable bonds is 3. The lowest BCUT2D eigenvalue weighted by atomic mass is 10.2. The quantitative estimate of drug-likeness (QED) is 0.587. The molecule has 4 aromatic heterocycles. The molecule has 0 bridgehead atoms. The van der Waals surface area contributed by atoms with Gasteiger partial charge in [0.05, 0.1) is 22.3 Å². The van der Waals surface area contributed by atoms with Gasteiger partial charge in [-0.2, -0.15) is 0 Å². The van der Waals surface area contributed by atoms with Gasteiger partial charge in [-0.25, -0.2) is 9.97 Å². The molecule has 4 aromatic rings. The van der Waals surface area contributed by atoms with Crippen LogP contribution in [0.2, 0.25) is 0 Å². The summed E-state index contributed by atoms with van der Waals surface area (Å²) in [5, 5.41) is 5.65. The lowest BCUT2D eigenvalue weighted by molar-refractivity contribution is 0.103. The zero-order valence-corrected chi connectivity index (χ0v) is 15.5. The smallest absolute Gasteiger partial charge is 0.267 e. The molecule has 9 heteroatoms. The minimum Gasteiger partial charge on any atom is -0.302 e. The number of hydrogen-bond donors (Lipinski definition) is 1. The van der Waals surface area contributed by atoms with Gasteiger partial charge in [-0.3, -0.25) is 19.9 Å². The summed E-state index contributed by atoms with van der Waals surface area (Å²) >= 11 is 2.55. The van der Waals surface area contributed by atoms with E-state index in [1.807, 2.05) is 17.5 Å². The molecule has 0 spiro atoms. The summed E-state index contributed by atoms with van der Waals surface area (Å²) < 4.78 is 1.41. The molecule has 4 heterocycles. The summed E-state index contributed by atoms with van der Waals surface area (Å²) in [5.41, 5.74) is 2.12. The van der Waals surface area contributed by atoms with Crippen molar-refractivity contribution in [2.24, 2.45) is 7.05 Å². The SMILES string of the molecule is Cc1c(C(=O)Nc2nc(-c3cccnc3)cs2)sc2ncn(C)c(=O)c12. The van der Waals surface area contributed by atoms with Gasteiger partial charge in [-0.05, 0) is 24.6 Å². The Labute approximate surface area is 156 Å². The van der Waals surface area contributed by atoms with Crippen LogP contribution in [0.3, 0.4) is 0 Å². The van der Waals surface area contributed by atoms with Crippen molar-refractivity contribution in [3.63, 3.8) is 0 Å². The fourth-order valence-corrected chi connectivity index (χ4v) is 4.31. The largest absolute Gasteiger partial charge is 0.302 e. The summed E-state index contributed by atoms with van der Waals surface area (Å²) in [5.74, 6) is -0.292. The van der Waals surface area contributed by atoms with E-state index in [2.05, 4.69) is 20.3 Å². The number of pyridine rings is 1. The number of thiazole rings is 1. The number of amides is 1. The van der Waals surface area contributed by atoms with Crippen molar-refractivity contribution in [2.45, 2.75) is 6.92 Å². The Hall–Kier alpha value is -2.91. The van der Waals surface area contributed by atoms with Gasteiger partial charge in [0.1, 0.15) is 4.83 Å². The van der Waals surface area contributed by atoms with E-state index >= 15 is 0 Å². The van der Waals surface area contributed by atoms with E-state index in [0.717, 1.165) is 11.3 Å². The fourth-order valence-electron chi connectivity index (χ4n) is 2.56. The number of thiophene rings is 1. The number of anilines is 1. The molecule has 0 aliphatic carbocycles. The Morgan fingerprint density at radius 1 is 1.35 bits per heavy atom. The van der Waals surface area contributed by atoms with Gasteiger partial charge in [-0.1, -0.05) is 0 Å². The number of nitrogens with zero attached hydrogens (tertiary/aromatic N) is 4. The van der Waals surface area contributed by atoms with E-state index in [4.69, 9.17) is 0 Å². The average Bonchev–Trinajstić information content (AvgIpc) is 3.24. The summed E-state index contributed by atoms with van der Waals surface area (Å²) in [7, 11) is 1.64. The number of carbonyl (C=O) groups is 1. The van der Waals surface area contributed by atoms with Crippen LogP contribution >= 0.6 is 22.7 Å². The number of hydrogen-bond acceptors (Lipinski definition) is 7. The van der Waals surface area contributed by atoms with Crippen molar-refractivity contribution in [3.8, 4) is 11.3 Å². The number of nitrogens with one attached hydrogen (secondary N) is 1. The number of fused-ring (bicyclic) bond motifs is 1. The molecule has 1 amide bonds. The molecule has 0 saturated carbocycles. The highest BCUT2D eigenvalue weighted by Crippen LogP contribution is 2.29. The van der Waals surface area contributed by atoms with E-state index < -0.39 is 0 Å². The Kier molecular flexibility index (Phi) is 4.09.